The Labute approximate surface area is 174 Å². The molecule has 166 valence electrons. The van der Waals surface area contributed by atoms with Crippen molar-refractivity contribution in [3.05, 3.63) is 35.9 Å². The molecule has 4 atom stereocenters. The number of amides is 2. The van der Waals surface area contributed by atoms with Gasteiger partial charge in [-0.15, -0.1) is 0 Å². The molecule has 4 unspecified atom stereocenters. The molecule has 30 heavy (non-hydrogen) atoms. The molecule has 1 aromatic rings. The van der Waals surface area contributed by atoms with Gasteiger partial charge in [0.1, 0.15) is 6.10 Å². The van der Waals surface area contributed by atoms with Crippen LogP contribution in [0.1, 0.15) is 24.8 Å². The summed E-state index contributed by atoms with van der Waals surface area (Å²) in [5.74, 6) is -1.29. The highest BCUT2D eigenvalue weighted by atomic mass is 16.4. The Morgan fingerprint density at radius 2 is 1.93 bits per heavy atom. The third kappa shape index (κ3) is 6.75. The Morgan fingerprint density at radius 3 is 2.57 bits per heavy atom. The van der Waals surface area contributed by atoms with Gasteiger partial charge in [0.25, 0.3) is 5.91 Å². The van der Waals surface area contributed by atoms with Gasteiger partial charge < -0.3 is 36.8 Å². The molecule has 2 rings (SSSR count). The molecule has 1 saturated heterocycles. The molecular weight excluding hydrogens is 394 g/mol. The monoisotopic (exact) mass is 423 g/mol. The molecule has 0 bridgehead atoms. The van der Waals surface area contributed by atoms with E-state index in [9.17, 15) is 24.9 Å². The lowest BCUT2D eigenvalue weighted by Gasteiger charge is -2.24. The van der Waals surface area contributed by atoms with Crippen LogP contribution in [0.15, 0.2) is 35.3 Å². The van der Waals surface area contributed by atoms with Gasteiger partial charge in [-0.1, -0.05) is 30.3 Å². The standard InChI is InChI=1S/C19H29N5O6/c20-16(28)13(22-10-12-5-2-1-3-6-12)7-4-8-21-18-23-17(29)19(30,24-18)9-14(26)15(27)11-25/h1-3,5-6,13-15,22,25-27,30H,4,7-11H2,(H2,20,28)(H2,21,23,24,29). The van der Waals surface area contributed by atoms with Crippen LogP contribution >= 0.6 is 0 Å². The van der Waals surface area contributed by atoms with E-state index in [0.717, 1.165) is 5.56 Å². The molecule has 1 fully saturated rings. The SMILES string of the molecule is NC(=O)C(CCCN=C1NC(=O)C(O)(CC(O)C(O)CO)N1)NCc1ccccc1. The lowest BCUT2D eigenvalue weighted by atomic mass is 10.0. The van der Waals surface area contributed by atoms with Crippen LogP contribution in [-0.4, -0.2) is 75.3 Å². The molecule has 11 heteroatoms. The fraction of sp³-hybridized carbons (Fsp3) is 0.526. The number of hydrogen-bond acceptors (Lipinski definition) is 8. The second-order valence-electron chi connectivity index (χ2n) is 7.15. The Bertz CT molecular complexity index is 746. The number of nitrogens with one attached hydrogen (secondary N) is 3. The van der Waals surface area contributed by atoms with Gasteiger partial charge in [-0.05, 0) is 18.4 Å². The lowest BCUT2D eigenvalue weighted by Crippen LogP contribution is -2.51. The topological polar surface area (TPSA) is 190 Å². The first kappa shape index (κ1) is 23.7. The number of aliphatic imine (C=N–C) groups is 1. The summed E-state index contributed by atoms with van der Waals surface area (Å²) in [6.45, 7) is 0.0338. The van der Waals surface area contributed by atoms with Crippen LogP contribution in [0, 0.1) is 0 Å². The molecule has 1 aliphatic rings. The fourth-order valence-corrected chi connectivity index (χ4v) is 2.95. The minimum atomic E-state index is -2.15. The van der Waals surface area contributed by atoms with Crippen LogP contribution in [0.4, 0.5) is 0 Å². The van der Waals surface area contributed by atoms with E-state index in [1.54, 1.807) is 0 Å². The first-order valence-electron chi connectivity index (χ1n) is 9.65. The van der Waals surface area contributed by atoms with Gasteiger partial charge in [0.15, 0.2) is 0 Å². The van der Waals surface area contributed by atoms with Gasteiger partial charge in [-0.25, -0.2) is 0 Å². The summed E-state index contributed by atoms with van der Waals surface area (Å²) < 4.78 is 0. The number of nitrogens with two attached hydrogens (primary N) is 1. The van der Waals surface area contributed by atoms with E-state index in [1.807, 2.05) is 30.3 Å². The zero-order valence-electron chi connectivity index (χ0n) is 16.5. The normalized spacial score (nSPS) is 22.9. The van der Waals surface area contributed by atoms with Crippen LogP contribution in [0.5, 0.6) is 0 Å². The third-order valence-corrected chi connectivity index (χ3v) is 4.73. The minimum Gasteiger partial charge on any atom is -0.394 e. The first-order chi connectivity index (χ1) is 14.2. The summed E-state index contributed by atoms with van der Waals surface area (Å²) in [5.41, 5.74) is 4.31. The van der Waals surface area contributed by atoms with E-state index in [2.05, 4.69) is 20.9 Å². The second kappa shape index (κ2) is 11.0. The predicted octanol–water partition coefficient (Wildman–Crippen LogP) is -2.72. The highest BCUT2D eigenvalue weighted by Gasteiger charge is 2.45. The lowest BCUT2D eigenvalue weighted by molar-refractivity contribution is -0.143. The number of carbonyl (C=O) groups excluding carboxylic acids is 2. The summed E-state index contributed by atoms with van der Waals surface area (Å²) in [6.07, 6.45) is -2.62. The molecule has 0 spiro atoms. The summed E-state index contributed by atoms with van der Waals surface area (Å²) >= 11 is 0. The number of hydrogen-bond donors (Lipinski definition) is 8. The van der Waals surface area contributed by atoms with Gasteiger partial charge in [0, 0.05) is 19.5 Å². The predicted molar refractivity (Wildman–Crippen MR) is 108 cm³/mol. The molecule has 0 aliphatic carbocycles. The van der Waals surface area contributed by atoms with Crippen molar-refractivity contribution in [2.45, 2.75) is 49.8 Å². The number of guanidine groups is 1. The molecular formula is C19H29N5O6. The largest absolute Gasteiger partial charge is 0.394 e. The molecule has 1 aromatic carbocycles. The number of nitrogens with zero attached hydrogens (tertiary/aromatic N) is 1. The Morgan fingerprint density at radius 1 is 1.23 bits per heavy atom. The van der Waals surface area contributed by atoms with E-state index in [1.165, 1.54) is 0 Å². The maximum absolute atomic E-state index is 12.0. The Hall–Kier alpha value is -2.57. The number of carbonyl (C=O) groups is 2. The summed E-state index contributed by atoms with van der Waals surface area (Å²) in [4.78, 5) is 27.7. The van der Waals surface area contributed by atoms with Crippen molar-refractivity contribution in [2.24, 2.45) is 10.7 Å². The van der Waals surface area contributed by atoms with E-state index >= 15 is 0 Å². The van der Waals surface area contributed by atoms with Crippen LogP contribution < -0.4 is 21.7 Å². The number of primary amides is 1. The average Bonchev–Trinajstić information content (AvgIpc) is 3.00. The fourth-order valence-electron chi connectivity index (χ4n) is 2.95. The quantitative estimate of drug-likeness (QED) is 0.166. The molecule has 0 aromatic heterocycles. The minimum absolute atomic E-state index is 0.0149. The van der Waals surface area contributed by atoms with Crippen LogP contribution in [-0.2, 0) is 16.1 Å². The maximum Gasteiger partial charge on any atom is 0.279 e. The molecule has 0 radical (unpaired) electrons. The van der Waals surface area contributed by atoms with Crippen molar-refractivity contribution in [1.82, 2.24) is 16.0 Å². The zero-order chi connectivity index (χ0) is 22.1. The highest BCUT2D eigenvalue weighted by Crippen LogP contribution is 2.16. The number of rotatable bonds is 12. The zero-order valence-corrected chi connectivity index (χ0v) is 16.5. The van der Waals surface area contributed by atoms with Gasteiger partial charge in [-0.2, -0.15) is 0 Å². The molecule has 1 aliphatic heterocycles. The van der Waals surface area contributed by atoms with E-state index in [-0.39, 0.29) is 12.5 Å². The van der Waals surface area contributed by atoms with Crippen molar-refractivity contribution in [2.75, 3.05) is 13.2 Å². The van der Waals surface area contributed by atoms with Crippen molar-refractivity contribution >= 4 is 17.8 Å². The summed E-state index contributed by atoms with van der Waals surface area (Å²) in [7, 11) is 0. The first-order valence-corrected chi connectivity index (χ1v) is 9.65. The van der Waals surface area contributed by atoms with Crippen LogP contribution in [0.2, 0.25) is 0 Å². The van der Waals surface area contributed by atoms with Gasteiger partial charge >= 0.3 is 0 Å². The Balaban J connectivity index is 1.81. The van der Waals surface area contributed by atoms with Crippen molar-refractivity contribution in [3.63, 3.8) is 0 Å². The number of aliphatic hydroxyl groups excluding tert-OH is 3. The Kier molecular flexibility index (Phi) is 8.69. The van der Waals surface area contributed by atoms with Crippen LogP contribution in [0.3, 0.4) is 0 Å². The van der Waals surface area contributed by atoms with Crippen molar-refractivity contribution in [1.29, 1.82) is 0 Å². The molecule has 9 N–H and O–H groups in total. The van der Waals surface area contributed by atoms with E-state index in [4.69, 9.17) is 10.8 Å². The van der Waals surface area contributed by atoms with Gasteiger partial charge in [0.05, 0.1) is 18.8 Å². The number of benzene rings is 1. The number of aliphatic hydroxyl groups is 4. The maximum atomic E-state index is 12.0. The average molecular weight is 423 g/mol. The van der Waals surface area contributed by atoms with E-state index < -0.39 is 48.8 Å². The molecule has 1 heterocycles. The molecule has 11 nitrogen and oxygen atoms in total. The highest BCUT2D eigenvalue weighted by molar-refractivity contribution is 6.07. The van der Waals surface area contributed by atoms with Crippen LogP contribution in [0.25, 0.3) is 0 Å². The van der Waals surface area contributed by atoms with Crippen molar-refractivity contribution in [3.8, 4) is 0 Å². The van der Waals surface area contributed by atoms with Crippen molar-refractivity contribution < 1.29 is 30.0 Å². The smallest absolute Gasteiger partial charge is 0.279 e. The molecule has 2 amide bonds. The summed E-state index contributed by atoms with van der Waals surface area (Å²) in [5, 5.41) is 46.2. The van der Waals surface area contributed by atoms with Gasteiger partial charge in [-0.3, -0.25) is 19.9 Å². The third-order valence-electron chi connectivity index (χ3n) is 4.73. The summed E-state index contributed by atoms with van der Waals surface area (Å²) in [6, 6.07) is 9.04. The van der Waals surface area contributed by atoms with Gasteiger partial charge in [0.2, 0.25) is 17.6 Å². The second-order valence-corrected chi connectivity index (χ2v) is 7.15. The molecule has 0 saturated carbocycles. The van der Waals surface area contributed by atoms with E-state index in [0.29, 0.717) is 19.4 Å².